The Morgan fingerprint density at radius 2 is 2.03 bits per heavy atom. The van der Waals surface area contributed by atoms with Crippen molar-refractivity contribution in [1.29, 1.82) is 0 Å². The van der Waals surface area contributed by atoms with Crippen LogP contribution in [0.2, 0.25) is 0 Å². The van der Waals surface area contributed by atoms with E-state index in [-0.39, 0.29) is 18.3 Å². The lowest BCUT2D eigenvalue weighted by molar-refractivity contribution is -0.115. The summed E-state index contributed by atoms with van der Waals surface area (Å²) in [4.78, 5) is 31.7. The topological polar surface area (TPSA) is 82.5 Å². The molecule has 0 radical (unpaired) electrons. The Morgan fingerprint density at radius 3 is 2.78 bits per heavy atom. The molecule has 3 aromatic rings. The lowest BCUT2D eigenvalue weighted by Crippen LogP contribution is -2.28. The molecule has 0 bridgehead atoms. The van der Waals surface area contributed by atoms with Crippen molar-refractivity contribution in [2.45, 2.75) is 69.3 Å². The molecular formula is C28H31N3O4S. The van der Waals surface area contributed by atoms with Gasteiger partial charge in [0.1, 0.15) is 0 Å². The monoisotopic (exact) mass is 505 g/mol. The van der Waals surface area contributed by atoms with Gasteiger partial charge in [-0.15, -0.1) is 0 Å². The van der Waals surface area contributed by atoms with Crippen LogP contribution in [0.3, 0.4) is 0 Å². The molecule has 1 N–H and O–H groups in total. The fraction of sp³-hybridized carbons (Fsp3) is 0.393. The number of aryl methyl sites for hydroxylation is 1. The number of nitrogens with one attached hydrogen (secondary N) is 1. The number of fused-ring (bicyclic) bond motifs is 2. The number of carbonyl (C=O) groups excluding carboxylic acids is 1. The number of rotatable bonds is 8. The molecule has 1 aromatic heterocycles. The van der Waals surface area contributed by atoms with Gasteiger partial charge in [0.15, 0.2) is 16.7 Å². The SMILES string of the molecule is CCC(Sc1nc2cc3c(cc2c(=O)n1CCC1=CCCCC1)OCO3)C(=O)Nc1cccc(C)c1. The highest BCUT2D eigenvalue weighted by Crippen LogP contribution is 2.36. The zero-order chi connectivity index (χ0) is 25.1. The highest BCUT2D eigenvalue weighted by molar-refractivity contribution is 8.00. The first-order valence-electron chi connectivity index (χ1n) is 12.6. The smallest absolute Gasteiger partial charge is 0.262 e. The first-order chi connectivity index (χ1) is 17.5. The Hall–Kier alpha value is -3.26. The van der Waals surface area contributed by atoms with Crippen LogP contribution in [0.25, 0.3) is 10.9 Å². The van der Waals surface area contributed by atoms with Crippen molar-refractivity contribution in [3.63, 3.8) is 0 Å². The van der Waals surface area contributed by atoms with E-state index in [0.29, 0.717) is 40.5 Å². The van der Waals surface area contributed by atoms with Crippen molar-refractivity contribution in [3.05, 3.63) is 64.0 Å². The van der Waals surface area contributed by atoms with E-state index < -0.39 is 5.25 Å². The molecule has 0 saturated carbocycles. The number of ether oxygens (including phenoxy) is 2. The van der Waals surface area contributed by atoms with Crippen molar-refractivity contribution < 1.29 is 14.3 Å². The number of hydrogen-bond acceptors (Lipinski definition) is 6. The van der Waals surface area contributed by atoms with Gasteiger partial charge in [0.05, 0.1) is 16.2 Å². The molecule has 2 aromatic carbocycles. The summed E-state index contributed by atoms with van der Waals surface area (Å²) in [5.41, 5.74) is 3.66. The molecule has 7 nitrogen and oxygen atoms in total. The number of allylic oxidation sites excluding steroid dienone is 2. The number of thioether (sulfide) groups is 1. The van der Waals surface area contributed by atoms with E-state index in [1.807, 2.05) is 38.1 Å². The maximum Gasteiger partial charge on any atom is 0.262 e. The minimum absolute atomic E-state index is 0.102. The van der Waals surface area contributed by atoms with Crippen molar-refractivity contribution in [2.75, 3.05) is 12.1 Å². The maximum atomic E-state index is 13.7. The van der Waals surface area contributed by atoms with Crippen molar-refractivity contribution in [1.82, 2.24) is 9.55 Å². The van der Waals surface area contributed by atoms with Crippen molar-refractivity contribution in [3.8, 4) is 11.5 Å². The molecule has 5 rings (SSSR count). The number of benzene rings is 2. The minimum atomic E-state index is -0.399. The first kappa shape index (κ1) is 24.4. The highest BCUT2D eigenvalue weighted by atomic mass is 32.2. The Labute approximate surface area is 214 Å². The van der Waals surface area contributed by atoms with Crippen LogP contribution in [0, 0.1) is 6.92 Å². The van der Waals surface area contributed by atoms with Crippen molar-refractivity contribution in [2.24, 2.45) is 0 Å². The predicted octanol–water partition coefficient (Wildman–Crippen LogP) is 5.83. The predicted molar refractivity (Wildman–Crippen MR) is 143 cm³/mol. The Bertz CT molecular complexity index is 1380. The van der Waals surface area contributed by atoms with Gasteiger partial charge in [-0.3, -0.25) is 14.2 Å². The number of carbonyl (C=O) groups is 1. The molecule has 1 atom stereocenters. The average Bonchev–Trinajstić information content (AvgIpc) is 3.34. The van der Waals surface area contributed by atoms with Crippen LogP contribution in [-0.2, 0) is 11.3 Å². The van der Waals surface area contributed by atoms with Gasteiger partial charge in [-0.2, -0.15) is 0 Å². The summed E-state index contributed by atoms with van der Waals surface area (Å²) in [6.07, 6.45) is 8.30. The lowest BCUT2D eigenvalue weighted by atomic mass is 9.97. The van der Waals surface area contributed by atoms with Crippen LogP contribution >= 0.6 is 11.8 Å². The van der Waals surface area contributed by atoms with Crippen LogP contribution < -0.4 is 20.3 Å². The quantitative estimate of drug-likeness (QED) is 0.236. The summed E-state index contributed by atoms with van der Waals surface area (Å²) in [6, 6.07) is 11.2. The van der Waals surface area contributed by atoms with E-state index >= 15 is 0 Å². The van der Waals surface area contributed by atoms with E-state index in [0.717, 1.165) is 30.5 Å². The summed E-state index contributed by atoms with van der Waals surface area (Å²) in [5, 5.41) is 3.67. The third-order valence-electron chi connectivity index (χ3n) is 6.65. The van der Waals surface area contributed by atoms with Gasteiger partial charge in [-0.1, -0.05) is 42.5 Å². The third-order valence-corrected chi connectivity index (χ3v) is 8.01. The van der Waals surface area contributed by atoms with Crippen LogP contribution in [0.5, 0.6) is 11.5 Å². The molecular weight excluding hydrogens is 474 g/mol. The highest BCUT2D eigenvalue weighted by Gasteiger charge is 2.24. The average molecular weight is 506 g/mol. The van der Waals surface area contributed by atoms with Gasteiger partial charge in [0, 0.05) is 18.3 Å². The number of amides is 1. The largest absolute Gasteiger partial charge is 0.454 e. The van der Waals surface area contributed by atoms with Crippen LogP contribution in [0.1, 0.15) is 51.0 Å². The summed E-state index contributed by atoms with van der Waals surface area (Å²) < 4.78 is 12.7. The van der Waals surface area contributed by atoms with Gasteiger partial charge in [-0.25, -0.2) is 4.98 Å². The lowest BCUT2D eigenvalue weighted by Gasteiger charge is -2.19. The fourth-order valence-electron chi connectivity index (χ4n) is 4.66. The van der Waals surface area contributed by atoms with Crippen LogP contribution in [0.4, 0.5) is 5.69 Å². The van der Waals surface area contributed by atoms with Gasteiger partial charge in [0.2, 0.25) is 12.7 Å². The number of hydrogen-bond donors (Lipinski definition) is 1. The fourth-order valence-corrected chi connectivity index (χ4v) is 5.70. The molecule has 1 unspecified atom stereocenters. The molecule has 8 heteroatoms. The molecule has 2 aliphatic rings. The molecule has 2 heterocycles. The van der Waals surface area contributed by atoms with Gasteiger partial charge in [0.25, 0.3) is 5.56 Å². The minimum Gasteiger partial charge on any atom is -0.454 e. The van der Waals surface area contributed by atoms with Crippen molar-refractivity contribution >= 4 is 34.3 Å². The van der Waals surface area contributed by atoms with E-state index in [1.165, 1.54) is 30.2 Å². The number of anilines is 1. The van der Waals surface area contributed by atoms with Gasteiger partial charge < -0.3 is 14.8 Å². The summed E-state index contributed by atoms with van der Waals surface area (Å²) >= 11 is 1.34. The van der Waals surface area contributed by atoms with Gasteiger partial charge in [-0.05, 0) is 69.2 Å². The summed E-state index contributed by atoms with van der Waals surface area (Å²) in [5.74, 6) is 1.04. The molecule has 0 spiro atoms. The molecule has 1 aliphatic heterocycles. The summed E-state index contributed by atoms with van der Waals surface area (Å²) in [7, 11) is 0. The molecule has 188 valence electrons. The molecule has 1 aliphatic carbocycles. The normalized spacial score (nSPS) is 15.6. The van der Waals surface area contributed by atoms with E-state index in [1.54, 1.807) is 16.7 Å². The number of nitrogens with zero attached hydrogens (tertiary/aromatic N) is 2. The summed E-state index contributed by atoms with van der Waals surface area (Å²) in [6.45, 7) is 4.63. The Morgan fingerprint density at radius 1 is 1.19 bits per heavy atom. The molecule has 0 fully saturated rings. The standard InChI is InChI=1S/C28H31N3O4S/c1-3-25(26(32)29-20-11-7-8-18(2)14-20)36-28-30-22-16-24-23(34-17-35-24)15-21(22)27(33)31(28)13-12-19-9-5-4-6-10-19/h7-9,11,14-16,25H,3-6,10,12-13,17H2,1-2H3,(H,29,32). The Kier molecular flexibility index (Phi) is 7.32. The Balaban J connectivity index is 1.48. The third kappa shape index (κ3) is 5.28. The van der Waals surface area contributed by atoms with Crippen LogP contribution in [0.15, 0.2) is 58.0 Å². The maximum absolute atomic E-state index is 13.7. The molecule has 36 heavy (non-hydrogen) atoms. The zero-order valence-electron chi connectivity index (χ0n) is 20.7. The second-order valence-corrected chi connectivity index (χ2v) is 10.5. The van der Waals surface area contributed by atoms with Crippen LogP contribution in [-0.4, -0.2) is 27.5 Å². The van der Waals surface area contributed by atoms with E-state index in [4.69, 9.17) is 14.5 Å². The first-order valence-corrected chi connectivity index (χ1v) is 13.5. The van der Waals surface area contributed by atoms with Gasteiger partial charge >= 0.3 is 0 Å². The van der Waals surface area contributed by atoms with E-state index in [2.05, 4.69) is 11.4 Å². The second-order valence-electron chi connectivity index (χ2n) is 9.31. The molecule has 0 saturated heterocycles. The molecule has 1 amide bonds. The second kappa shape index (κ2) is 10.8. The number of aromatic nitrogens is 2. The van der Waals surface area contributed by atoms with E-state index in [9.17, 15) is 9.59 Å². The zero-order valence-corrected chi connectivity index (χ0v) is 21.5.